The van der Waals surface area contributed by atoms with Crippen LogP contribution in [0.5, 0.6) is 0 Å². The van der Waals surface area contributed by atoms with Crippen LogP contribution in [-0.2, 0) is 16.1 Å². The third-order valence-electron chi connectivity index (χ3n) is 2.91. The van der Waals surface area contributed by atoms with Crippen molar-refractivity contribution >= 4 is 17.3 Å². The second kappa shape index (κ2) is 8.27. The first-order valence-electron chi connectivity index (χ1n) is 6.65. The van der Waals surface area contributed by atoms with Crippen LogP contribution in [0.25, 0.3) is 0 Å². The lowest BCUT2D eigenvalue weighted by Crippen LogP contribution is -2.41. The largest absolute Gasteiger partial charge is 0.465 e. The van der Waals surface area contributed by atoms with Crippen LogP contribution < -0.4 is 0 Å². The number of ether oxygens (including phenoxy) is 1. The average molecular weight is 269 g/mol. The van der Waals surface area contributed by atoms with E-state index < -0.39 is 0 Å². The fourth-order valence-electron chi connectivity index (χ4n) is 2.01. The highest BCUT2D eigenvalue weighted by Gasteiger charge is 2.25. The molecule has 3 nitrogen and oxygen atoms in total. The topological polar surface area (TPSA) is 29.5 Å². The molecule has 0 N–H and O–H groups in total. The summed E-state index contributed by atoms with van der Waals surface area (Å²) in [5.41, 5.74) is 0. The molecule has 102 valence electrons. The van der Waals surface area contributed by atoms with E-state index in [1.807, 2.05) is 13.0 Å². The van der Waals surface area contributed by atoms with E-state index >= 15 is 0 Å². The molecule has 1 atom stereocenters. The zero-order valence-electron chi connectivity index (χ0n) is 11.5. The summed E-state index contributed by atoms with van der Waals surface area (Å²) >= 11 is 1.73. The molecular weight excluding hydrogens is 246 g/mol. The van der Waals surface area contributed by atoms with E-state index in [0.717, 1.165) is 25.9 Å². The summed E-state index contributed by atoms with van der Waals surface area (Å²) in [5, 5.41) is 2.07. The standard InChI is InChI=1S/C14H23NO2S/c1-4-8-13(14(16)17-6-3)15(5-2)11-12-9-7-10-18-12/h7,9-10,13H,4-6,8,11H2,1-3H3. The van der Waals surface area contributed by atoms with Gasteiger partial charge in [0.25, 0.3) is 0 Å². The van der Waals surface area contributed by atoms with Gasteiger partial charge in [0.15, 0.2) is 0 Å². The molecule has 1 aromatic rings. The number of esters is 1. The third kappa shape index (κ3) is 4.42. The maximum Gasteiger partial charge on any atom is 0.323 e. The summed E-state index contributed by atoms with van der Waals surface area (Å²) in [5.74, 6) is -0.0854. The van der Waals surface area contributed by atoms with Crippen molar-refractivity contribution in [2.75, 3.05) is 13.2 Å². The third-order valence-corrected chi connectivity index (χ3v) is 3.77. The first-order chi connectivity index (χ1) is 8.72. The summed E-state index contributed by atoms with van der Waals surface area (Å²) in [4.78, 5) is 15.5. The number of rotatable bonds is 8. The van der Waals surface area contributed by atoms with Crippen LogP contribution in [0.3, 0.4) is 0 Å². The number of carbonyl (C=O) groups excluding carboxylic acids is 1. The van der Waals surface area contributed by atoms with Gasteiger partial charge in [0.1, 0.15) is 6.04 Å². The monoisotopic (exact) mass is 269 g/mol. The Morgan fingerprint density at radius 3 is 2.72 bits per heavy atom. The van der Waals surface area contributed by atoms with Crippen LogP contribution in [-0.4, -0.2) is 30.1 Å². The highest BCUT2D eigenvalue weighted by atomic mass is 32.1. The number of likely N-dealkylation sites (N-methyl/N-ethyl adjacent to an activating group) is 1. The lowest BCUT2D eigenvalue weighted by molar-refractivity contribution is -0.150. The number of nitrogens with zero attached hydrogens (tertiary/aromatic N) is 1. The molecule has 0 aliphatic heterocycles. The van der Waals surface area contributed by atoms with Crippen molar-refractivity contribution in [2.24, 2.45) is 0 Å². The molecule has 1 heterocycles. The molecule has 0 aliphatic carbocycles. The highest BCUT2D eigenvalue weighted by molar-refractivity contribution is 7.09. The van der Waals surface area contributed by atoms with Gasteiger partial charge in [0.2, 0.25) is 0 Å². The van der Waals surface area contributed by atoms with E-state index in [1.54, 1.807) is 11.3 Å². The fourth-order valence-corrected chi connectivity index (χ4v) is 2.74. The predicted molar refractivity (Wildman–Crippen MR) is 75.7 cm³/mol. The van der Waals surface area contributed by atoms with E-state index in [1.165, 1.54) is 4.88 Å². The summed E-state index contributed by atoms with van der Waals surface area (Å²) in [6, 6.07) is 4.05. The predicted octanol–water partition coefficient (Wildman–Crippen LogP) is 3.30. The van der Waals surface area contributed by atoms with Gasteiger partial charge in [-0.25, -0.2) is 0 Å². The van der Waals surface area contributed by atoms with Crippen molar-refractivity contribution in [2.45, 2.75) is 46.2 Å². The van der Waals surface area contributed by atoms with Crippen molar-refractivity contribution in [3.05, 3.63) is 22.4 Å². The van der Waals surface area contributed by atoms with Crippen LogP contribution in [0.4, 0.5) is 0 Å². The Hall–Kier alpha value is -0.870. The fraction of sp³-hybridized carbons (Fsp3) is 0.643. The number of hydrogen-bond acceptors (Lipinski definition) is 4. The van der Waals surface area contributed by atoms with Gasteiger partial charge in [-0.15, -0.1) is 11.3 Å². The molecule has 0 radical (unpaired) electrons. The molecule has 0 bridgehead atoms. The Labute approximate surface area is 114 Å². The molecule has 4 heteroatoms. The lowest BCUT2D eigenvalue weighted by atomic mass is 10.1. The SMILES string of the molecule is CCCC(C(=O)OCC)N(CC)Cc1cccs1. The molecule has 0 fully saturated rings. The van der Waals surface area contributed by atoms with Gasteiger partial charge in [-0.3, -0.25) is 9.69 Å². The van der Waals surface area contributed by atoms with Gasteiger partial charge in [-0.05, 0) is 31.3 Å². The van der Waals surface area contributed by atoms with Crippen molar-refractivity contribution in [1.29, 1.82) is 0 Å². The van der Waals surface area contributed by atoms with Crippen LogP contribution in [0.2, 0.25) is 0 Å². The van der Waals surface area contributed by atoms with Gasteiger partial charge < -0.3 is 4.74 Å². The average Bonchev–Trinajstić information content (AvgIpc) is 2.86. The van der Waals surface area contributed by atoms with E-state index in [-0.39, 0.29) is 12.0 Å². The van der Waals surface area contributed by atoms with Crippen LogP contribution in [0, 0.1) is 0 Å². The van der Waals surface area contributed by atoms with Gasteiger partial charge in [0, 0.05) is 11.4 Å². The minimum atomic E-state index is -0.109. The molecule has 0 saturated heterocycles. The molecule has 0 saturated carbocycles. The zero-order chi connectivity index (χ0) is 13.4. The van der Waals surface area contributed by atoms with Gasteiger partial charge >= 0.3 is 5.97 Å². The molecule has 0 spiro atoms. The normalized spacial score (nSPS) is 12.7. The van der Waals surface area contributed by atoms with Gasteiger partial charge in [-0.2, -0.15) is 0 Å². The minimum Gasteiger partial charge on any atom is -0.465 e. The smallest absolute Gasteiger partial charge is 0.323 e. The maximum atomic E-state index is 12.0. The van der Waals surface area contributed by atoms with Crippen molar-refractivity contribution in [1.82, 2.24) is 4.90 Å². The summed E-state index contributed by atoms with van der Waals surface area (Å²) < 4.78 is 5.18. The molecule has 0 aliphatic rings. The van der Waals surface area contributed by atoms with E-state index in [0.29, 0.717) is 6.61 Å². The van der Waals surface area contributed by atoms with Crippen LogP contribution in [0.15, 0.2) is 17.5 Å². The van der Waals surface area contributed by atoms with Crippen molar-refractivity contribution in [3.8, 4) is 0 Å². The second-order valence-corrected chi connectivity index (χ2v) is 5.23. The first kappa shape index (κ1) is 15.2. The molecule has 1 unspecified atom stereocenters. The van der Waals surface area contributed by atoms with Crippen molar-refractivity contribution in [3.63, 3.8) is 0 Å². The Morgan fingerprint density at radius 1 is 1.44 bits per heavy atom. The second-order valence-electron chi connectivity index (χ2n) is 4.20. The molecule has 1 aromatic heterocycles. The summed E-state index contributed by atoms with van der Waals surface area (Å²) in [6.45, 7) is 8.20. The molecule has 0 aromatic carbocycles. The molecule has 0 amide bonds. The molecule has 18 heavy (non-hydrogen) atoms. The Kier molecular flexibility index (Phi) is 6.98. The van der Waals surface area contributed by atoms with E-state index in [9.17, 15) is 4.79 Å². The highest BCUT2D eigenvalue weighted by Crippen LogP contribution is 2.17. The number of carbonyl (C=O) groups is 1. The first-order valence-corrected chi connectivity index (χ1v) is 7.53. The van der Waals surface area contributed by atoms with Crippen LogP contribution >= 0.6 is 11.3 Å². The van der Waals surface area contributed by atoms with Crippen molar-refractivity contribution < 1.29 is 9.53 Å². The Morgan fingerprint density at radius 2 is 2.22 bits per heavy atom. The maximum absolute atomic E-state index is 12.0. The number of hydrogen-bond donors (Lipinski definition) is 0. The zero-order valence-corrected chi connectivity index (χ0v) is 12.3. The van der Waals surface area contributed by atoms with E-state index in [2.05, 4.69) is 30.2 Å². The van der Waals surface area contributed by atoms with Gasteiger partial charge in [0.05, 0.1) is 6.61 Å². The Balaban J connectivity index is 2.70. The lowest BCUT2D eigenvalue weighted by Gasteiger charge is -2.28. The van der Waals surface area contributed by atoms with Crippen LogP contribution in [0.1, 0.15) is 38.5 Å². The summed E-state index contributed by atoms with van der Waals surface area (Å²) in [7, 11) is 0. The van der Waals surface area contributed by atoms with Gasteiger partial charge in [-0.1, -0.05) is 26.3 Å². The summed E-state index contributed by atoms with van der Waals surface area (Å²) in [6.07, 6.45) is 1.85. The Bertz CT molecular complexity index is 338. The molecule has 1 rings (SSSR count). The molecular formula is C14H23NO2S. The van der Waals surface area contributed by atoms with E-state index in [4.69, 9.17) is 4.74 Å². The minimum absolute atomic E-state index is 0.0854. The quantitative estimate of drug-likeness (QED) is 0.678. The number of thiophene rings is 1.